The van der Waals surface area contributed by atoms with Gasteiger partial charge in [0, 0.05) is 32.9 Å². The van der Waals surface area contributed by atoms with Crippen molar-refractivity contribution in [3.8, 4) is 28.3 Å². The van der Waals surface area contributed by atoms with Gasteiger partial charge in [0.1, 0.15) is 5.76 Å². The lowest BCUT2D eigenvalue weighted by molar-refractivity contribution is 0.102. The van der Waals surface area contributed by atoms with Gasteiger partial charge in [-0.2, -0.15) is 5.10 Å². The first-order valence-electron chi connectivity index (χ1n) is 10.7. The molecule has 0 unspecified atom stereocenters. The number of carbonyl (C=O) groups excluding carboxylic acids is 1. The number of benzene rings is 3. The highest BCUT2D eigenvalue weighted by Crippen LogP contribution is 2.32. The molecule has 2 heterocycles. The second-order valence-electron chi connectivity index (χ2n) is 7.71. The fourth-order valence-corrected chi connectivity index (χ4v) is 4.23. The Morgan fingerprint density at radius 3 is 2.34 bits per heavy atom. The van der Waals surface area contributed by atoms with Crippen LogP contribution in [-0.4, -0.2) is 15.6 Å². The van der Waals surface area contributed by atoms with Crippen LogP contribution in [0.3, 0.4) is 0 Å². The summed E-state index contributed by atoms with van der Waals surface area (Å²) in [5.41, 5.74) is 3.95. The fourth-order valence-electron chi connectivity index (χ4n) is 3.61. The average molecular weight is 520 g/mol. The summed E-state index contributed by atoms with van der Waals surface area (Å²) in [5, 5.41) is 6.36. The van der Waals surface area contributed by atoms with Crippen molar-refractivity contribution in [2.45, 2.75) is 0 Å². The average Bonchev–Trinajstić information content (AvgIpc) is 3.52. The van der Waals surface area contributed by atoms with E-state index in [1.54, 1.807) is 41.1 Å². The summed E-state index contributed by atoms with van der Waals surface area (Å²) in [5.74, 6) is 0.406. The normalized spacial score (nSPS) is 11.3. The molecule has 0 spiro atoms. The molecule has 0 aliphatic rings. The number of aromatic nitrogens is 2. The number of hydrogen-bond acceptors (Lipinski definition) is 3. The minimum atomic E-state index is -0.282. The zero-order chi connectivity index (χ0) is 24.4. The number of hydrogen-bond donors (Lipinski definition) is 0. The molecule has 0 aliphatic heterocycles. The van der Waals surface area contributed by atoms with Crippen LogP contribution in [0.25, 0.3) is 34.3 Å². The van der Waals surface area contributed by atoms with Crippen LogP contribution in [-0.2, 0) is 0 Å². The Kier molecular flexibility index (Phi) is 6.60. The molecule has 172 valence electrons. The maximum atomic E-state index is 12.9. The van der Waals surface area contributed by atoms with E-state index < -0.39 is 0 Å². The molecular formula is C28H17Cl3N2O2. The summed E-state index contributed by atoms with van der Waals surface area (Å²) in [6.07, 6.45) is 5.08. The second kappa shape index (κ2) is 9.96. The van der Waals surface area contributed by atoms with Crippen LogP contribution in [0.4, 0.5) is 0 Å². The standard InChI is InChI=1S/C28H17Cl3N2O2/c29-20-9-6-18(7-10-20)28-19(17-33(32-28)22-4-2-1-3-5-22)8-13-25(34)27-15-14-26(35-27)23-12-11-21(30)16-24(23)31/h1-17H. The Bertz CT molecular complexity index is 1530. The highest BCUT2D eigenvalue weighted by atomic mass is 35.5. The summed E-state index contributed by atoms with van der Waals surface area (Å²) in [4.78, 5) is 12.9. The number of ketones is 1. The SMILES string of the molecule is O=C(C=Cc1cn(-c2ccccc2)nc1-c1ccc(Cl)cc1)c1ccc(-c2ccc(Cl)cc2Cl)o1. The van der Waals surface area contributed by atoms with E-state index in [9.17, 15) is 4.79 Å². The Hall–Kier alpha value is -3.57. The predicted molar refractivity (Wildman–Crippen MR) is 142 cm³/mol. The number of carbonyl (C=O) groups is 1. The minimum Gasteiger partial charge on any atom is -0.453 e. The zero-order valence-electron chi connectivity index (χ0n) is 18.2. The lowest BCUT2D eigenvalue weighted by Crippen LogP contribution is -1.93. The second-order valence-corrected chi connectivity index (χ2v) is 8.99. The lowest BCUT2D eigenvalue weighted by atomic mass is 10.1. The molecule has 7 heteroatoms. The van der Waals surface area contributed by atoms with Gasteiger partial charge in [-0.25, -0.2) is 4.68 Å². The van der Waals surface area contributed by atoms with Gasteiger partial charge in [-0.3, -0.25) is 4.79 Å². The smallest absolute Gasteiger partial charge is 0.221 e. The maximum absolute atomic E-state index is 12.9. The molecule has 0 saturated carbocycles. The van der Waals surface area contributed by atoms with Crippen molar-refractivity contribution in [2.24, 2.45) is 0 Å². The summed E-state index contributed by atoms with van der Waals surface area (Å²) in [6, 6.07) is 25.6. The van der Waals surface area contributed by atoms with E-state index in [-0.39, 0.29) is 11.5 Å². The maximum Gasteiger partial charge on any atom is 0.221 e. The van der Waals surface area contributed by atoms with Crippen molar-refractivity contribution in [1.82, 2.24) is 9.78 Å². The zero-order valence-corrected chi connectivity index (χ0v) is 20.4. The number of halogens is 3. The molecular weight excluding hydrogens is 503 g/mol. The molecule has 0 radical (unpaired) electrons. The van der Waals surface area contributed by atoms with Crippen molar-refractivity contribution >= 4 is 46.7 Å². The van der Waals surface area contributed by atoms with E-state index in [1.807, 2.05) is 60.8 Å². The van der Waals surface area contributed by atoms with E-state index in [0.29, 0.717) is 26.4 Å². The van der Waals surface area contributed by atoms with Gasteiger partial charge in [-0.15, -0.1) is 0 Å². The molecule has 2 aromatic heterocycles. The monoisotopic (exact) mass is 518 g/mol. The van der Waals surface area contributed by atoms with Crippen molar-refractivity contribution < 1.29 is 9.21 Å². The minimum absolute atomic E-state index is 0.200. The first-order chi connectivity index (χ1) is 17.0. The summed E-state index contributed by atoms with van der Waals surface area (Å²) < 4.78 is 7.56. The molecule has 4 nitrogen and oxygen atoms in total. The predicted octanol–water partition coefficient (Wildman–Crippen LogP) is 8.66. The molecule has 0 amide bonds. The summed E-state index contributed by atoms with van der Waals surface area (Å²) in [6.45, 7) is 0. The van der Waals surface area contributed by atoms with Gasteiger partial charge in [-0.05, 0) is 66.7 Å². The molecule has 5 aromatic rings. The Labute approximate surface area is 217 Å². The number of furan rings is 1. The van der Waals surface area contributed by atoms with Gasteiger partial charge in [0.05, 0.1) is 16.4 Å². The van der Waals surface area contributed by atoms with Gasteiger partial charge in [0.2, 0.25) is 5.78 Å². The van der Waals surface area contributed by atoms with E-state index in [2.05, 4.69) is 0 Å². The van der Waals surface area contributed by atoms with E-state index in [4.69, 9.17) is 44.3 Å². The highest BCUT2D eigenvalue weighted by Gasteiger charge is 2.14. The molecule has 5 rings (SSSR count). The lowest BCUT2D eigenvalue weighted by Gasteiger charge is -2.01. The van der Waals surface area contributed by atoms with Crippen LogP contribution < -0.4 is 0 Å². The molecule has 0 atom stereocenters. The quantitative estimate of drug-likeness (QED) is 0.167. The number of rotatable bonds is 6. The first kappa shape index (κ1) is 23.2. The van der Waals surface area contributed by atoms with Gasteiger partial charge in [0.15, 0.2) is 5.76 Å². The van der Waals surface area contributed by atoms with Crippen molar-refractivity contribution in [3.05, 3.63) is 124 Å². The molecule has 0 N–H and O–H groups in total. The summed E-state index contributed by atoms with van der Waals surface area (Å²) in [7, 11) is 0. The van der Waals surface area contributed by atoms with Crippen LogP contribution in [0.2, 0.25) is 15.1 Å². The number of allylic oxidation sites excluding steroid dienone is 1. The first-order valence-corrected chi connectivity index (χ1v) is 11.8. The third-order valence-corrected chi connectivity index (χ3v) is 6.14. The molecule has 0 saturated heterocycles. The van der Waals surface area contributed by atoms with Crippen molar-refractivity contribution in [2.75, 3.05) is 0 Å². The Morgan fingerprint density at radius 1 is 0.857 bits per heavy atom. The molecule has 0 aliphatic carbocycles. The Morgan fingerprint density at radius 2 is 1.60 bits per heavy atom. The topological polar surface area (TPSA) is 48.0 Å². The van der Waals surface area contributed by atoms with Crippen LogP contribution in [0.5, 0.6) is 0 Å². The van der Waals surface area contributed by atoms with Gasteiger partial charge < -0.3 is 4.42 Å². The molecule has 0 fully saturated rings. The molecule has 3 aromatic carbocycles. The van der Waals surface area contributed by atoms with Crippen LogP contribution >= 0.6 is 34.8 Å². The van der Waals surface area contributed by atoms with E-state index >= 15 is 0 Å². The van der Waals surface area contributed by atoms with Crippen LogP contribution in [0.1, 0.15) is 16.1 Å². The molecule has 0 bridgehead atoms. The fraction of sp³-hybridized carbons (Fsp3) is 0. The van der Waals surface area contributed by atoms with E-state index in [0.717, 1.165) is 22.5 Å². The number of para-hydroxylation sites is 1. The van der Waals surface area contributed by atoms with Gasteiger partial charge >= 0.3 is 0 Å². The van der Waals surface area contributed by atoms with Crippen LogP contribution in [0, 0.1) is 0 Å². The highest BCUT2D eigenvalue weighted by molar-refractivity contribution is 6.36. The van der Waals surface area contributed by atoms with Gasteiger partial charge in [0.25, 0.3) is 0 Å². The van der Waals surface area contributed by atoms with E-state index in [1.165, 1.54) is 6.08 Å². The molecule has 35 heavy (non-hydrogen) atoms. The largest absolute Gasteiger partial charge is 0.453 e. The van der Waals surface area contributed by atoms with Crippen molar-refractivity contribution in [3.63, 3.8) is 0 Å². The third-order valence-electron chi connectivity index (χ3n) is 5.34. The van der Waals surface area contributed by atoms with Gasteiger partial charge in [-0.1, -0.05) is 65.1 Å². The summed E-state index contributed by atoms with van der Waals surface area (Å²) >= 11 is 18.3. The Balaban J connectivity index is 1.46. The third kappa shape index (κ3) is 5.10. The number of nitrogens with zero attached hydrogens (tertiary/aromatic N) is 2. The van der Waals surface area contributed by atoms with Crippen LogP contribution in [0.15, 0.2) is 102 Å². The van der Waals surface area contributed by atoms with Crippen molar-refractivity contribution in [1.29, 1.82) is 0 Å².